The number of rotatable bonds is 4. The maximum atomic E-state index is 11.7. The van der Waals surface area contributed by atoms with Gasteiger partial charge in [0.1, 0.15) is 0 Å². The van der Waals surface area contributed by atoms with E-state index in [2.05, 4.69) is 21.2 Å². The maximum Gasteiger partial charge on any atom is 0.252 e. The monoisotopic (exact) mass is 432 g/mol. The second-order valence-corrected chi connectivity index (χ2v) is 7.06. The van der Waals surface area contributed by atoms with Crippen molar-refractivity contribution in [3.8, 4) is 0 Å². The summed E-state index contributed by atoms with van der Waals surface area (Å²) >= 11 is 5.30. The molecule has 0 unspecified atom stereocenters. The Morgan fingerprint density at radius 3 is 2.71 bits per heavy atom. The molecule has 5 nitrogen and oxygen atoms in total. The van der Waals surface area contributed by atoms with E-state index in [-0.39, 0.29) is 18.2 Å². The largest absolute Gasteiger partial charge is 0.351 e. The van der Waals surface area contributed by atoms with E-state index in [1.54, 1.807) is 12.1 Å². The predicted octanol–water partition coefficient (Wildman–Crippen LogP) is 1.07. The quantitative estimate of drug-likeness (QED) is 0.697. The van der Waals surface area contributed by atoms with Crippen molar-refractivity contribution in [3.05, 3.63) is 31.8 Å². The molecular weight excluding hydrogens is 423 g/mol. The average molecular weight is 433 g/mol. The highest BCUT2D eigenvalue weighted by Crippen LogP contribution is 2.18. The van der Waals surface area contributed by atoms with Crippen molar-refractivity contribution < 1.29 is 13.2 Å². The summed E-state index contributed by atoms with van der Waals surface area (Å²) in [6.07, 6.45) is 0. The lowest BCUT2D eigenvalue weighted by molar-refractivity contribution is 0.0955. The normalized spacial score (nSPS) is 11.2. The molecule has 0 aromatic heterocycles. The molecular formula is C9H10BrIN2O3S. The minimum atomic E-state index is -3.55. The van der Waals surface area contributed by atoms with Gasteiger partial charge in [-0.1, -0.05) is 15.9 Å². The van der Waals surface area contributed by atoms with Gasteiger partial charge in [0.2, 0.25) is 10.0 Å². The minimum Gasteiger partial charge on any atom is -0.351 e. The second kappa shape index (κ2) is 6.12. The number of sulfonamides is 1. The van der Waals surface area contributed by atoms with Gasteiger partial charge < -0.3 is 5.32 Å². The fourth-order valence-corrected chi connectivity index (χ4v) is 2.40. The molecule has 1 aromatic rings. The smallest absolute Gasteiger partial charge is 0.252 e. The first kappa shape index (κ1) is 14.9. The molecule has 0 aliphatic heterocycles. The van der Waals surface area contributed by atoms with Gasteiger partial charge in [-0.3, -0.25) is 4.79 Å². The van der Waals surface area contributed by atoms with Crippen LogP contribution in [0.15, 0.2) is 22.7 Å². The van der Waals surface area contributed by atoms with E-state index in [1.165, 1.54) is 0 Å². The van der Waals surface area contributed by atoms with Gasteiger partial charge in [-0.05, 0) is 40.8 Å². The lowest BCUT2D eigenvalue weighted by atomic mass is 10.2. The number of amides is 1. The molecule has 17 heavy (non-hydrogen) atoms. The zero-order chi connectivity index (χ0) is 13.1. The Morgan fingerprint density at radius 2 is 2.12 bits per heavy atom. The highest BCUT2D eigenvalue weighted by Gasteiger charge is 2.11. The van der Waals surface area contributed by atoms with Crippen LogP contribution in [0.1, 0.15) is 10.4 Å². The summed E-state index contributed by atoms with van der Waals surface area (Å²) in [6, 6.07) is 5.29. The lowest BCUT2D eigenvalue weighted by Crippen LogP contribution is -2.31. The van der Waals surface area contributed by atoms with E-state index in [9.17, 15) is 13.2 Å². The van der Waals surface area contributed by atoms with Gasteiger partial charge in [-0.2, -0.15) is 0 Å². The number of hydrogen-bond donors (Lipinski definition) is 2. The Labute approximate surface area is 121 Å². The number of carbonyl (C=O) groups excluding carboxylic acids is 1. The number of nitrogens with two attached hydrogens (primary N) is 1. The van der Waals surface area contributed by atoms with E-state index >= 15 is 0 Å². The number of halogens is 2. The molecule has 94 valence electrons. The molecule has 0 bridgehead atoms. The first-order valence-electron chi connectivity index (χ1n) is 4.53. The number of hydrogen-bond acceptors (Lipinski definition) is 3. The standard InChI is InChI=1S/C9H10BrIN2O3S/c10-6-1-2-8(11)7(5-6)9(14)13-3-4-17(12,15)16/h1-2,5H,3-4H2,(H,13,14)(H2,12,15,16). The van der Waals surface area contributed by atoms with Crippen molar-refractivity contribution >= 4 is 54.5 Å². The molecule has 0 saturated heterocycles. The van der Waals surface area contributed by atoms with Gasteiger partial charge in [0, 0.05) is 14.6 Å². The van der Waals surface area contributed by atoms with Gasteiger partial charge in [-0.15, -0.1) is 0 Å². The first-order valence-corrected chi connectivity index (χ1v) is 8.12. The number of nitrogens with one attached hydrogen (secondary N) is 1. The predicted molar refractivity (Wildman–Crippen MR) is 77.2 cm³/mol. The van der Waals surface area contributed by atoms with Gasteiger partial charge >= 0.3 is 0 Å². The Morgan fingerprint density at radius 1 is 1.47 bits per heavy atom. The molecule has 0 saturated carbocycles. The summed E-state index contributed by atoms with van der Waals surface area (Å²) < 4.78 is 23.0. The molecule has 0 aliphatic carbocycles. The van der Waals surface area contributed by atoms with Crippen molar-refractivity contribution in [3.63, 3.8) is 0 Å². The van der Waals surface area contributed by atoms with E-state index in [0.717, 1.165) is 8.04 Å². The minimum absolute atomic E-state index is 0.000258. The van der Waals surface area contributed by atoms with E-state index in [1.807, 2.05) is 28.7 Å². The molecule has 0 atom stereocenters. The molecule has 0 spiro atoms. The van der Waals surface area contributed by atoms with Crippen molar-refractivity contribution in [1.29, 1.82) is 0 Å². The molecule has 0 aliphatic rings. The van der Waals surface area contributed by atoms with Gasteiger partial charge in [0.05, 0.1) is 11.3 Å². The van der Waals surface area contributed by atoms with Crippen LogP contribution in [0, 0.1) is 3.57 Å². The Balaban J connectivity index is 2.67. The zero-order valence-electron chi connectivity index (χ0n) is 8.61. The van der Waals surface area contributed by atoms with Gasteiger partial charge in [-0.25, -0.2) is 13.6 Å². The van der Waals surface area contributed by atoms with Crippen LogP contribution in [0.3, 0.4) is 0 Å². The third-order valence-electron chi connectivity index (χ3n) is 1.85. The maximum absolute atomic E-state index is 11.7. The topological polar surface area (TPSA) is 89.3 Å². The first-order chi connectivity index (χ1) is 7.79. The summed E-state index contributed by atoms with van der Waals surface area (Å²) in [4.78, 5) is 11.7. The SMILES string of the molecule is NS(=O)(=O)CCNC(=O)c1cc(Br)ccc1I. The van der Waals surface area contributed by atoms with Crippen LogP contribution in [0.25, 0.3) is 0 Å². The highest BCUT2D eigenvalue weighted by atomic mass is 127. The summed E-state index contributed by atoms with van der Waals surface area (Å²) in [5.41, 5.74) is 0.495. The van der Waals surface area contributed by atoms with Crippen LogP contribution in [0.2, 0.25) is 0 Å². The zero-order valence-corrected chi connectivity index (χ0v) is 13.2. The molecule has 0 radical (unpaired) electrons. The van der Waals surface area contributed by atoms with Crippen LogP contribution >= 0.6 is 38.5 Å². The van der Waals surface area contributed by atoms with Crippen molar-refractivity contribution in [1.82, 2.24) is 5.32 Å². The molecule has 8 heteroatoms. The number of primary sulfonamides is 1. The van der Waals surface area contributed by atoms with Gasteiger partial charge in [0.15, 0.2) is 0 Å². The summed E-state index contributed by atoms with van der Waals surface area (Å²) in [7, 11) is -3.55. The Hall–Kier alpha value is -0.190. The van der Waals surface area contributed by atoms with Crippen LogP contribution in [-0.2, 0) is 10.0 Å². The molecule has 1 aromatic carbocycles. The number of benzene rings is 1. The average Bonchev–Trinajstić information content (AvgIpc) is 2.19. The third-order valence-corrected chi connectivity index (χ3v) is 4.05. The lowest BCUT2D eigenvalue weighted by Gasteiger charge is -2.06. The van der Waals surface area contributed by atoms with Crippen molar-refractivity contribution in [2.45, 2.75) is 0 Å². The Kier molecular flexibility index (Phi) is 5.35. The summed E-state index contributed by atoms with van der Waals surface area (Å²) in [5.74, 6) is -0.595. The molecule has 1 amide bonds. The summed E-state index contributed by atoms with van der Waals surface area (Å²) in [5, 5.41) is 7.33. The third kappa shape index (κ3) is 5.32. The second-order valence-electron chi connectivity index (χ2n) is 3.25. The molecule has 0 fully saturated rings. The van der Waals surface area contributed by atoms with E-state index < -0.39 is 10.0 Å². The van der Waals surface area contributed by atoms with E-state index in [0.29, 0.717) is 5.56 Å². The van der Waals surface area contributed by atoms with Crippen molar-refractivity contribution in [2.24, 2.45) is 5.14 Å². The number of carbonyl (C=O) groups is 1. The van der Waals surface area contributed by atoms with Crippen LogP contribution in [-0.4, -0.2) is 26.6 Å². The van der Waals surface area contributed by atoms with Crippen molar-refractivity contribution in [2.75, 3.05) is 12.3 Å². The van der Waals surface area contributed by atoms with Gasteiger partial charge in [0.25, 0.3) is 5.91 Å². The molecule has 1 rings (SSSR count). The van der Waals surface area contributed by atoms with E-state index in [4.69, 9.17) is 5.14 Å². The van der Waals surface area contributed by atoms with Crippen LogP contribution < -0.4 is 10.5 Å². The summed E-state index contributed by atoms with van der Waals surface area (Å²) in [6.45, 7) is 0.000258. The fraction of sp³-hybridized carbons (Fsp3) is 0.222. The fourth-order valence-electron chi connectivity index (χ4n) is 1.07. The molecule has 0 heterocycles. The highest BCUT2D eigenvalue weighted by molar-refractivity contribution is 14.1. The van der Waals surface area contributed by atoms with Crippen LogP contribution in [0.5, 0.6) is 0 Å². The molecule has 3 N–H and O–H groups in total. The van der Waals surface area contributed by atoms with Crippen LogP contribution in [0.4, 0.5) is 0 Å². The Bertz CT molecular complexity index is 533.